The monoisotopic (exact) mass is 252 g/mol. The molecule has 1 rings (SSSR count). The lowest BCUT2D eigenvalue weighted by Crippen LogP contribution is -2.30. The van der Waals surface area contributed by atoms with Crippen LogP contribution in [0.25, 0.3) is 0 Å². The van der Waals surface area contributed by atoms with Crippen molar-refractivity contribution in [2.45, 2.75) is 46.7 Å². The Morgan fingerprint density at radius 3 is 2.56 bits per heavy atom. The lowest BCUT2D eigenvalue weighted by molar-refractivity contribution is 0.279. The smallest absolute Gasteiger partial charge is 0.0553 e. The Labute approximate surface area is 111 Å². The van der Waals surface area contributed by atoms with Gasteiger partial charge in [0.2, 0.25) is 0 Å². The van der Waals surface area contributed by atoms with E-state index < -0.39 is 0 Å². The number of hydrogen-bond donors (Lipinski definition) is 1. The van der Waals surface area contributed by atoms with Gasteiger partial charge < -0.3 is 10.2 Å². The molecule has 0 saturated carbocycles. The minimum Gasteiger partial charge on any atom is -0.309 e. The van der Waals surface area contributed by atoms with Gasteiger partial charge in [0.1, 0.15) is 0 Å². The molecular weight excluding hydrogens is 224 g/mol. The van der Waals surface area contributed by atoms with Crippen molar-refractivity contribution in [1.29, 1.82) is 0 Å². The van der Waals surface area contributed by atoms with E-state index in [1.165, 1.54) is 5.69 Å². The number of hydrogen-bond acceptors (Lipinski definition) is 3. The van der Waals surface area contributed by atoms with Gasteiger partial charge in [-0.15, -0.1) is 0 Å². The second-order valence-electron chi connectivity index (χ2n) is 4.50. The predicted octanol–water partition coefficient (Wildman–Crippen LogP) is 2.29. The first kappa shape index (κ1) is 15.2. The highest BCUT2D eigenvalue weighted by Gasteiger charge is 2.15. The molecule has 1 heterocycles. The quantitative estimate of drug-likeness (QED) is 0.732. The summed E-state index contributed by atoms with van der Waals surface area (Å²) in [5, 5.41) is 7.94. The number of aryl methyl sites for hydroxylation is 1. The van der Waals surface area contributed by atoms with E-state index in [9.17, 15) is 0 Å². The Bertz CT molecular complexity index is 317. The molecule has 0 fully saturated rings. The van der Waals surface area contributed by atoms with Crippen molar-refractivity contribution in [3.05, 3.63) is 18.0 Å². The second-order valence-corrected chi connectivity index (χ2v) is 4.50. The molecule has 4 heteroatoms. The molecule has 0 amide bonds. The van der Waals surface area contributed by atoms with Gasteiger partial charge in [-0.1, -0.05) is 20.8 Å². The van der Waals surface area contributed by atoms with Gasteiger partial charge >= 0.3 is 0 Å². The number of aromatic nitrogens is 2. The topological polar surface area (TPSA) is 33.1 Å². The van der Waals surface area contributed by atoms with Gasteiger partial charge in [0.15, 0.2) is 0 Å². The zero-order valence-corrected chi connectivity index (χ0v) is 12.3. The molecule has 0 saturated heterocycles. The van der Waals surface area contributed by atoms with Crippen molar-refractivity contribution in [3.8, 4) is 0 Å². The van der Waals surface area contributed by atoms with Crippen molar-refractivity contribution < 1.29 is 0 Å². The summed E-state index contributed by atoms with van der Waals surface area (Å²) in [6.07, 6.45) is 3.04. The third kappa shape index (κ3) is 4.10. The van der Waals surface area contributed by atoms with E-state index in [1.54, 1.807) is 0 Å². The summed E-state index contributed by atoms with van der Waals surface area (Å²) in [7, 11) is 0. The third-order valence-electron chi connectivity index (χ3n) is 3.48. The van der Waals surface area contributed by atoms with Crippen molar-refractivity contribution in [3.63, 3.8) is 0 Å². The second kappa shape index (κ2) is 8.27. The van der Waals surface area contributed by atoms with Crippen LogP contribution in [0, 0.1) is 0 Å². The summed E-state index contributed by atoms with van der Waals surface area (Å²) in [5.41, 5.74) is 1.31. The van der Waals surface area contributed by atoms with Crippen molar-refractivity contribution in [2.24, 2.45) is 0 Å². The molecule has 0 aliphatic rings. The number of nitrogens with zero attached hydrogens (tertiary/aromatic N) is 3. The minimum absolute atomic E-state index is 0.415. The Balaban J connectivity index is 2.64. The lowest BCUT2D eigenvalue weighted by Gasteiger charge is -2.23. The number of nitrogens with one attached hydrogen (secondary N) is 1. The first-order valence-corrected chi connectivity index (χ1v) is 7.24. The molecule has 0 aromatic carbocycles. The van der Waals surface area contributed by atoms with Gasteiger partial charge in [-0.25, -0.2) is 0 Å². The van der Waals surface area contributed by atoms with E-state index in [2.05, 4.69) is 53.8 Å². The molecule has 1 unspecified atom stereocenters. The lowest BCUT2D eigenvalue weighted by atomic mass is 10.1. The first-order chi connectivity index (χ1) is 8.76. The molecule has 0 aliphatic carbocycles. The van der Waals surface area contributed by atoms with Crippen LogP contribution in [0.4, 0.5) is 0 Å². The SMILES string of the molecule is CCNC(CCN(CC)CC)c1ccnn1CC. The molecule has 1 aromatic heterocycles. The minimum atomic E-state index is 0.415. The van der Waals surface area contributed by atoms with Gasteiger partial charge in [-0.2, -0.15) is 5.10 Å². The Morgan fingerprint density at radius 2 is 2.00 bits per heavy atom. The molecule has 18 heavy (non-hydrogen) atoms. The molecule has 4 nitrogen and oxygen atoms in total. The predicted molar refractivity (Wildman–Crippen MR) is 76.7 cm³/mol. The van der Waals surface area contributed by atoms with Gasteiger partial charge in [0.05, 0.1) is 11.7 Å². The largest absolute Gasteiger partial charge is 0.309 e. The van der Waals surface area contributed by atoms with Crippen LogP contribution in [-0.4, -0.2) is 40.9 Å². The van der Waals surface area contributed by atoms with E-state index in [0.29, 0.717) is 6.04 Å². The highest BCUT2D eigenvalue weighted by Crippen LogP contribution is 2.17. The molecule has 0 spiro atoms. The Morgan fingerprint density at radius 1 is 1.28 bits per heavy atom. The molecule has 104 valence electrons. The van der Waals surface area contributed by atoms with Crippen LogP contribution in [0.2, 0.25) is 0 Å². The van der Waals surface area contributed by atoms with E-state index in [-0.39, 0.29) is 0 Å². The molecular formula is C14H28N4. The van der Waals surface area contributed by atoms with Crippen molar-refractivity contribution in [1.82, 2.24) is 20.0 Å². The van der Waals surface area contributed by atoms with Crippen LogP contribution in [0.1, 0.15) is 45.9 Å². The van der Waals surface area contributed by atoms with Crippen LogP contribution in [0.15, 0.2) is 12.3 Å². The van der Waals surface area contributed by atoms with Crippen LogP contribution < -0.4 is 5.32 Å². The molecule has 0 aliphatic heterocycles. The molecule has 1 atom stereocenters. The van der Waals surface area contributed by atoms with Crippen LogP contribution in [-0.2, 0) is 6.54 Å². The maximum atomic E-state index is 4.37. The van der Waals surface area contributed by atoms with Gasteiger partial charge in [-0.3, -0.25) is 4.68 Å². The average Bonchev–Trinajstić information content (AvgIpc) is 2.86. The van der Waals surface area contributed by atoms with Crippen molar-refractivity contribution in [2.75, 3.05) is 26.2 Å². The highest BCUT2D eigenvalue weighted by molar-refractivity contribution is 5.07. The fraction of sp³-hybridized carbons (Fsp3) is 0.786. The van der Waals surface area contributed by atoms with E-state index in [1.807, 2.05) is 6.20 Å². The Kier molecular flexibility index (Phi) is 6.98. The third-order valence-corrected chi connectivity index (χ3v) is 3.48. The van der Waals surface area contributed by atoms with Gasteiger partial charge in [0, 0.05) is 12.7 Å². The zero-order valence-electron chi connectivity index (χ0n) is 12.3. The fourth-order valence-corrected chi connectivity index (χ4v) is 2.36. The summed E-state index contributed by atoms with van der Waals surface area (Å²) >= 11 is 0. The Hall–Kier alpha value is -0.870. The molecule has 0 bridgehead atoms. The molecule has 1 N–H and O–H groups in total. The van der Waals surface area contributed by atoms with Gasteiger partial charge in [0.25, 0.3) is 0 Å². The average molecular weight is 252 g/mol. The highest BCUT2D eigenvalue weighted by atomic mass is 15.3. The summed E-state index contributed by atoms with van der Waals surface area (Å²) in [4.78, 5) is 2.47. The molecule has 0 radical (unpaired) electrons. The summed E-state index contributed by atoms with van der Waals surface area (Å²) in [5.74, 6) is 0. The summed E-state index contributed by atoms with van der Waals surface area (Å²) in [6, 6.07) is 2.55. The maximum Gasteiger partial charge on any atom is 0.0553 e. The summed E-state index contributed by atoms with van der Waals surface area (Å²) < 4.78 is 2.09. The van der Waals surface area contributed by atoms with E-state index in [4.69, 9.17) is 0 Å². The van der Waals surface area contributed by atoms with Gasteiger partial charge in [-0.05, 0) is 45.6 Å². The molecule has 1 aromatic rings. The maximum absolute atomic E-state index is 4.37. The number of rotatable bonds is 9. The first-order valence-electron chi connectivity index (χ1n) is 7.24. The zero-order chi connectivity index (χ0) is 13.4. The van der Waals surface area contributed by atoms with Crippen LogP contribution in [0.5, 0.6) is 0 Å². The fourth-order valence-electron chi connectivity index (χ4n) is 2.36. The summed E-state index contributed by atoms with van der Waals surface area (Å²) in [6.45, 7) is 14.1. The standard InChI is InChI=1S/C14H28N4/c1-5-15-13(10-12-17(6-2)7-3)14-9-11-16-18(14)8-4/h9,11,13,15H,5-8,10,12H2,1-4H3. The van der Waals surface area contributed by atoms with Crippen LogP contribution >= 0.6 is 0 Å². The van der Waals surface area contributed by atoms with Crippen molar-refractivity contribution >= 4 is 0 Å². The van der Waals surface area contributed by atoms with Crippen LogP contribution in [0.3, 0.4) is 0 Å². The van der Waals surface area contributed by atoms with E-state index >= 15 is 0 Å². The normalized spacial score (nSPS) is 13.2. The van der Waals surface area contributed by atoms with E-state index in [0.717, 1.165) is 39.1 Å².